The van der Waals surface area contributed by atoms with Gasteiger partial charge < -0.3 is 19.6 Å². The number of fused-ring (bicyclic) bond motifs is 1. The molecule has 0 spiro atoms. The van der Waals surface area contributed by atoms with E-state index in [4.69, 9.17) is 9.41 Å². The van der Waals surface area contributed by atoms with Crippen LogP contribution in [0.1, 0.15) is 24.9 Å². The van der Waals surface area contributed by atoms with Gasteiger partial charge in [0.05, 0.1) is 16.7 Å². The van der Waals surface area contributed by atoms with E-state index in [0.29, 0.717) is 25.4 Å². The fourth-order valence-corrected chi connectivity index (χ4v) is 3.70. The molecule has 2 aromatic heterocycles. The third-order valence-electron chi connectivity index (χ3n) is 5.32. The van der Waals surface area contributed by atoms with Crippen molar-refractivity contribution in [3.05, 3.63) is 72.1 Å². The first kappa shape index (κ1) is 22.5. The van der Waals surface area contributed by atoms with Gasteiger partial charge in [-0.3, -0.25) is 4.99 Å². The quantitative estimate of drug-likeness (QED) is 0.226. The minimum atomic E-state index is -0.279. The number of aromatic nitrogens is 3. The van der Waals surface area contributed by atoms with Gasteiger partial charge in [0.1, 0.15) is 17.9 Å². The Bertz CT molecular complexity index is 1210. The molecule has 8 heteroatoms. The van der Waals surface area contributed by atoms with E-state index in [-0.39, 0.29) is 5.82 Å². The summed E-state index contributed by atoms with van der Waals surface area (Å²) in [4.78, 5) is 13.8. The lowest BCUT2D eigenvalue weighted by Gasteiger charge is -2.11. The number of nitrogens with one attached hydrogen (secondary N) is 2. The lowest BCUT2D eigenvalue weighted by molar-refractivity contribution is 0.571. The van der Waals surface area contributed by atoms with E-state index in [9.17, 15) is 4.39 Å². The fourth-order valence-electron chi connectivity index (χ4n) is 3.70. The van der Waals surface area contributed by atoms with Gasteiger partial charge in [-0.1, -0.05) is 12.1 Å². The van der Waals surface area contributed by atoms with E-state index < -0.39 is 0 Å². The van der Waals surface area contributed by atoms with Crippen LogP contribution >= 0.6 is 0 Å². The van der Waals surface area contributed by atoms with Gasteiger partial charge in [-0.25, -0.2) is 14.4 Å². The molecule has 0 saturated carbocycles. The molecule has 33 heavy (non-hydrogen) atoms. The molecule has 2 heterocycles. The van der Waals surface area contributed by atoms with Crippen molar-refractivity contribution in [3.63, 3.8) is 0 Å². The molecule has 0 saturated heterocycles. The number of rotatable bonds is 9. The number of nitrogens with zero attached hydrogens (tertiary/aromatic N) is 4. The van der Waals surface area contributed by atoms with Gasteiger partial charge in [0.2, 0.25) is 5.89 Å². The molecule has 0 atom stereocenters. The number of guanidine groups is 1. The van der Waals surface area contributed by atoms with Crippen LogP contribution in [0.3, 0.4) is 0 Å². The molecule has 0 amide bonds. The highest BCUT2D eigenvalue weighted by Crippen LogP contribution is 2.19. The second-order valence-electron chi connectivity index (χ2n) is 7.74. The summed E-state index contributed by atoms with van der Waals surface area (Å²) < 4.78 is 20.9. The van der Waals surface area contributed by atoms with E-state index in [1.165, 1.54) is 12.1 Å². The van der Waals surface area contributed by atoms with Crippen LogP contribution in [0.5, 0.6) is 0 Å². The summed E-state index contributed by atoms with van der Waals surface area (Å²) in [6.45, 7) is 7.13. The smallest absolute Gasteiger partial charge is 0.226 e. The zero-order chi connectivity index (χ0) is 23.0. The number of hydrogen-bond acceptors (Lipinski definition) is 4. The predicted molar refractivity (Wildman–Crippen MR) is 129 cm³/mol. The Labute approximate surface area is 192 Å². The Hall–Kier alpha value is -3.68. The van der Waals surface area contributed by atoms with Crippen molar-refractivity contribution >= 4 is 17.0 Å². The summed E-state index contributed by atoms with van der Waals surface area (Å²) in [7, 11) is 0. The summed E-state index contributed by atoms with van der Waals surface area (Å²) >= 11 is 0. The van der Waals surface area contributed by atoms with Crippen LogP contribution in [-0.4, -0.2) is 40.1 Å². The van der Waals surface area contributed by atoms with Crippen molar-refractivity contribution < 1.29 is 8.81 Å². The average molecular weight is 449 g/mol. The lowest BCUT2D eigenvalue weighted by atomic mass is 10.2. The lowest BCUT2D eigenvalue weighted by Crippen LogP contribution is -2.38. The van der Waals surface area contributed by atoms with Gasteiger partial charge in [0.15, 0.2) is 5.96 Å². The molecule has 0 unspecified atom stereocenters. The van der Waals surface area contributed by atoms with Crippen LogP contribution in [-0.2, 0) is 13.0 Å². The molecule has 4 aromatic rings. The maximum absolute atomic E-state index is 13.1. The van der Waals surface area contributed by atoms with Crippen molar-refractivity contribution in [1.82, 2.24) is 25.2 Å². The summed E-state index contributed by atoms with van der Waals surface area (Å²) in [5.74, 6) is 2.02. The standard InChI is InChI=1S/C25H29FN6O/c1-3-27-25(28-14-6-16-32-18(2)30-22-7-4-5-8-23(22)32)29-15-13-21-17-33-24(31-21)19-9-11-20(26)12-10-19/h4-5,7-12,17H,3,6,13-16H2,1-2H3,(H2,27,28,29). The first-order chi connectivity index (χ1) is 16.1. The summed E-state index contributed by atoms with van der Waals surface area (Å²) in [6.07, 6.45) is 3.25. The normalized spacial score (nSPS) is 11.8. The maximum atomic E-state index is 13.1. The zero-order valence-electron chi connectivity index (χ0n) is 19.0. The Morgan fingerprint density at radius 3 is 2.73 bits per heavy atom. The molecule has 4 rings (SSSR count). The second kappa shape index (κ2) is 10.8. The monoisotopic (exact) mass is 448 g/mol. The Morgan fingerprint density at radius 2 is 1.91 bits per heavy atom. The predicted octanol–water partition coefficient (Wildman–Crippen LogP) is 4.33. The number of aliphatic imine (C=N–C) groups is 1. The molecule has 172 valence electrons. The van der Waals surface area contributed by atoms with Gasteiger partial charge in [-0.05, 0) is 56.7 Å². The van der Waals surface area contributed by atoms with Crippen molar-refractivity contribution in [3.8, 4) is 11.5 Å². The molecule has 0 aliphatic rings. The van der Waals surface area contributed by atoms with Crippen LogP contribution < -0.4 is 10.6 Å². The van der Waals surface area contributed by atoms with E-state index in [1.54, 1.807) is 18.4 Å². The summed E-state index contributed by atoms with van der Waals surface area (Å²) in [6, 6.07) is 14.3. The highest BCUT2D eigenvalue weighted by Gasteiger charge is 2.08. The first-order valence-corrected chi connectivity index (χ1v) is 11.3. The highest BCUT2D eigenvalue weighted by atomic mass is 19.1. The van der Waals surface area contributed by atoms with Gasteiger partial charge >= 0.3 is 0 Å². The van der Waals surface area contributed by atoms with Gasteiger partial charge in [-0.2, -0.15) is 0 Å². The summed E-state index contributed by atoms with van der Waals surface area (Å²) in [5, 5.41) is 6.63. The molecule has 0 aliphatic carbocycles. The van der Waals surface area contributed by atoms with E-state index in [1.807, 2.05) is 32.0 Å². The highest BCUT2D eigenvalue weighted by molar-refractivity contribution is 5.79. The largest absolute Gasteiger partial charge is 0.444 e. The number of oxazole rings is 1. The molecule has 0 bridgehead atoms. The third-order valence-corrected chi connectivity index (χ3v) is 5.32. The van der Waals surface area contributed by atoms with E-state index in [2.05, 4.69) is 31.2 Å². The third kappa shape index (κ3) is 5.77. The molecule has 0 fully saturated rings. The van der Waals surface area contributed by atoms with E-state index in [0.717, 1.165) is 53.6 Å². The van der Waals surface area contributed by atoms with Crippen LogP contribution in [0.25, 0.3) is 22.5 Å². The van der Waals surface area contributed by atoms with E-state index >= 15 is 0 Å². The number of benzene rings is 2. The zero-order valence-corrected chi connectivity index (χ0v) is 19.0. The number of hydrogen-bond donors (Lipinski definition) is 2. The molecule has 0 radical (unpaired) electrons. The van der Waals surface area contributed by atoms with Crippen LogP contribution in [0, 0.1) is 12.7 Å². The van der Waals surface area contributed by atoms with Crippen molar-refractivity contribution in [2.75, 3.05) is 19.6 Å². The van der Waals surface area contributed by atoms with Crippen molar-refractivity contribution in [2.24, 2.45) is 4.99 Å². The average Bonchev–Trinajstić information content (AvgIpc) is 3.41. The van der Waals surface area contributed by atoms with Gasteiger partial charge in [0, 0.05) is 38.2 Å². The van der Waals surface area contributed by atoms with Gasteiger partial charge in [0.25, 0.3) is 0 Å². The number of para-hydroxylation sites is 2. The Morgan fingerprint density at radius 1 is 1.09 bits per heavy atom. The second-order valence-corrected chi connectivity index (χ2v) is 7.74. The SMILES string of the molecule is CCNC(=NCCCn1c(C)nc2ccccc21)NCCc1coc(-c2ccc(F)cc2)n1. The molecular weight excluding hydrogens is 419 g/mol. The number of halogens is 1. The van der Waals surface area contributed by atoms with Crippen LogP contribution in [0.4, 0.5) is 4.39 Å². The fraction of sp³-hybridized carbons (Fsp3) is 0.320. The molecule has 0 aliphatic heterocycles. The van der Waals surface area contributed by atoms with Crippen LogP contribution in [0.2, 0.25) is 0 Å². The molecule has 7 nitrogen and oxygen atoms in total. The number of imidazole rings is 1. The molecule has 2 N–H and O–H groups in total. The van der Waals surface area contributed by atoms with Crippen LogP contribution in [0.15, 0.2) is 64.2 Å². The Balaban J connectivity index is 1.27. The topological polar surface area (TPSA) is 80.3 Å². The number of aryl methyl sites for hydroxylation is 2. The molecular formula is C25H29FN6O. The Kier molecular flexibility index (Phi) is 7.34. The first-order valence-electron chi connectivity index (χ1n) is 11.3. The van der Waals surface area contributed by atoms with Crippen molar-refractivity contribution in [1.29, 1.82) is 0 Å². The minimum Gasteiger partial charge on any atom is -0.444 e. The maximum Gasteiger partial charge on any atom is 0.226 e. The minimum absolute atomic E-state index is 0.279. The molecule has 2 aromatic carbocycles. The van der Waals surface area contributed by atoms with Gasteiger partial charge in [-0.15, -0.1) is 0 Å². The summed E-state index contributed by atoms with van der Waals surface area (Å²) in [5.41, 5.74) is 3.78. The van der Waals surface area contributed by atoms with Crippen molar-refractivity contribution in [2.45, 2.75) is 33.2 Å².